The number of hydrogen-bond donors (Lipinski definition) is 1. The van der Waals surface area contributed by atoms with E-state index in [1.54, 1.807) is 6.07 Å². The minimum Gasteiger partial charge on any atom is -0.258 e. The lowest BCUT2D eigenvalue weighted by molar-refractivity contribution is -0.385. The Hall–Kier alpha value is -1.98. The fourth-order valence-corrected chi connectivity index (χ4v) is 1.81. The average molecular weight is 255 g/mol. The Morgan fingerprint density at radius 2 is 2.06 bits per heavy atom. The zero-order chi connectivity index (χ0) is 12.9. The quantitative estimate of drug-likeness (QED) is 0.609. The molecule has 0 amide bonds. The molecule has 1 N–H and O–H groups in total. The molecule has 0 unspecified atom stereocenters. The Bertz CT molecular complexity index is 562. The van der Waals surface area contributed by atoms with E-state index in [9.17, 15) is 18.5 Å². The SMILES string of the molecule is N#CCS(=O)(=O)NCc1ccccc1[N+](=O)[O-]. The van der Waals surface area contributed by atoms with Gasteiger partial charge in [-0.15, -0.1) is 0 Å². The van der Waals surface area contributed by atoms with E-state index in [1.165, 1.54) is 24.3 Å². The van der Waals surface area contributed by atoms with Gasteiger partial charge in [-0.2, -0.15) is 5.26 Å². The van der Waals surface area contributed by atoms with Gasteiger partial charge in [0, 0.05) is 18.2 Å². The topological polar surface area (TPSA) is 113 Å². The molecular weight excluding hydrogens is 246 g/mol. The molecule has 0 saturated carbocycles. The number of sulfonamides is 1. The Balaban J connectivity index is 2.84. The van der Waals surface area contributed by atoms with Crippen molar-refractivity contribution in [2.75, 3.05) is 5.75 Å². The summed E-state index contributed by atoms with van der Waals surface area (Å²) in [7, 11) is -3.71. The average Bonchev–Trinajstić information content (AvgIpc) is 2.27. The maximum atomic E-state index is 11.2. The molecule has 8 heteroatoms. The number of nitrogens with one attached hydrogen (secondary N) is 1. The first kappa shape index (κ1) is 13.1. The summed E-state index contributed by atoms with van der Waals surface area (Å²) in [5.41, 5.74) is 0.0890. The maximum Gasteiger partial charge on any atom is 0.273 e. The van der Waals surface area contributed by atoms with Crippen LogP contribution in [0.5, 0.6) is 0 Å². The smallest absolute Gasteiger partial charge is 0.258 e. The lowest BCUT2D eigenvalue weighted by Crippen LogP contribution is -2.25. The van der Waals surface area contributed by atoms with Crippen molar-refractivity contribution in [3.05, 3.63) is 39.9 Å². The lowest BCUT2D eigenvalue weighted by Gasteiger charge is -2.04. The van der Waals surface area contributed by atoms with Gasteiger partial charge >= 0.3 is 0 Å². The molecule has 0 aromatic heterocycles. The molecule has 0 spiro atoms. The summed E-state index contributed by atoms with van der Waals surface area (Å²) in [6.45, 7) is -0.207. The third kappa shape index (κ3) is 3.82. The van der Waals surface area contributed by atoms with E-state index in [-0.39, 0.29) is 17.8 Å². The van der Waals surface area contributed by atoms with Crippen molar-refractivity contribution in [1.29, 1.82) is 5.26 Å². The summed E-state index contributed by atoms with van der Waals surface area (Å²) in [6.07, 6.45) is 0. The van der Waals surface area contributed by atoms with Crippen molar-refractivity contribution in [3.63, 3.8) is 0 Å². The highest BCUT2D eigenvalue weighted by Crippen LogP contribution is 2.17. The number of hydrogen-bond acceptors (Lipinski definition) is 5. The first-order valence-corrected chi connectivity index (χ1v) is 6.18. The number of benzene rings is 1. The minimum absolute atomic E-state index is 0.160. The second-order valence-corrected chi connectivity index (χ2v) is 4.93. The molecule has 0 radical (unpaired) electrons. The highest BCUT2D eigenvalue weighted by atomic mass is 32.2. The molecule has 1 aromatic carbocycles. The van der Waals surface area contributed by atoms with Gasteiger partial charge in [-0.25, -0.2) is 13.1 Å². The van der Waals surface area contributed by atoms with E-state index in [2.05, 4.69) is 4.72 Å². The van der Waals surface area contributed by atoms with E-state index in [0.29, 0.717) is 0 Å². The largest absolute Gasteiger partial charge is 0.273 e. The van der Waals surface area contributed by atoms with E-state index in [1.807, 2.05) is 0 Å². The van der Waals surface area contributed by atoms with Crippen LogP contribution in [0.4, 0.5) is 5.69 Å². The van der Waals surface area contributed by atoms with Crippen LogP contribution in [-0.4, -0.2) is 19.1 Å². The maximum absolute atomic E-state index is 11.2. The Morgan fingerprint density at radius 3 is 2.65 bits per heavy atom. The molecule has 0 aliphatic rings. The van der Waals surface area contributed by atoms with Gasteiger partial charge in [0.1, 0.15) is 0 Å². The van der Waals surface area contributed by atoms with Gasteiger partial charge in [0.2, 0.25) is 10.0 Å². The Kier molecular flexibility index (Phi) is 4.14. The molecule has 90 valence electrons. The van der Waals surface area contributed by atoms with Gasteiger partial charge < -0.3 is 0 Å². The molecule has 17 heavy (non-hydrogen) atoms. The van der Waals surface area contributed by atoms with Crippen molar-refractivity contribution in [3.8, 4) is 6.07 Å². The summed E-state index contributed by atoms with van der Waals surface area (Å²) < 4.78 is 24.5. The Labute approximate surface area is 97.9 Å². The highest BCUT2D eigenvalue weighted by Gasteiger charge is 2.15. The van der Waals surface area contributed by atoms with Crippen molar-refractivity contribution < 1.29 is 13.3 Å². The van der Waals surface area contributed by atoms with Crippen molar-refractivity contribution in [1.82, 2.24) is 4.72 Å². The molecule has 0 atom stereocenters. The van der Waals surface area contributed by atoms with Crippen LogP contribution in [0.2, 0.25) is 0 Å². The van der Waals surface area contributed by atoms with Crippen LogP contribution < -0.4 is 4.72 Å². The zero-order valence-corrected chi connectivity index (χ0v) is 9.48. The normalized spacial score (nSPS) is 10.8. The molecular formula is C9H9N3O4S. The van der Waals surface area contributed by atoms with Crippen molar-refractivity contribution >= 4 is 15.7 Å². The summed E-state index contributed by atoms with van der Waals surface area (Å²) in [5.74, 6) is -0.673. The monoisotopic (exact) mass is 255 g/mol. The van der Waals surface area contributed by atoms with E-state index < -0.39 is 20.7 Å². The first-order chi connectivity index (χ1) is 7.96. The third-order valence-corrected chi connectivity index (χ3v) is 3.02. The molecule has 0 heterocycles. The predicted molar refractivity (Wildman–Crippen MR) is 59.3 cm³/mol. The molecule has 0 saturated heterocycles. The van der Waals surface area contributed by atoms with Gasteiger partial charge in [0.15, 0.2) is 5.75 Å². The van der Waals surface area contributed by atoms with E-state index in [4.69, 9.17) is 5.26 Å². The lowest BCUT2D eigenvalue weighted by atomic mass is 10.2. The van der Waals surface area contributed by atoms with Gasteiger partial charge in [-0.3, -0.25) is 10.1 Å². The standard InChI is InChI=1S/C9H9N3O4S/c10-5-6-17(15,16)11-7-8-3-1-2-4-9(8)12(13)14/h1-4,11H,6-7H2. The van der Waals surface area contributed by atoms with Crippen LogP contribution >= 0.6 is 0 Å². The fourth-order valence-electron chi connectivity index (χ4n) is 1.16. The fraction of sp³-hybridized carbons (Fsp3) is 0.222. The Morgan fingerprint density at radius 1 is 1.41 bits per heavy atom. The highest BCUT2D eigenvalue weighted by molar-refractivity contribution is 7.89. The second-order valence-electron chi connectivity index (χ2n) is 3.12. The predicted octanol–water partition coefficient (Wildman–Crippen LogP) is 0.538. The molecule has 0 fully saturated rings. The van der Waals surface area contributed by atoms with Crippen molar-refractivity contribution in [2.24, 2.45) is 0 Å². The number of nitro benzene ring substituents is 1. The van der Waals surface area contributed by atoms with Crippen LogP contribution in [-0.2, 0) is 16.6 Å². The van der Waals surface area contributed by atoms with Gasteiger partial charge in [-0.1, -0.05) is 18.2 Å². The summed E-state index contributed by atoms with van der Waals surface area (Å²) in [5, 5.41) is 18.9. The first-order valence-electron chi connectivity index (χ1n) is 4.53. The molecule has 1 rings (SSSR count). The number of nitro groups is 1. The summed E-state index contributed by atoms with van der Waals surface area (Å²) in [6, 6.07) is 7.30. The van der Waals surface area contributed by atoms with Gasteiger partial charge in [0.05, 0.1) is 11.0 Å². The zero-order valence-electron chi connectivity index (χ0n) is 8.66. The molecule has 1 aromatic rings. The van der Waals surface area contributed by atoms with Crippen LogP contribution in [0, 0.1) is 21.4 Å². The molecule has 0 aliphatic heterocycles. The van der Waals surface area contributed by atoms with Crippen molar-refractivity contribution in [2.45, 2.75) is 6.54 Å². The molecule has 7 nitrogen and oxygen atoms in total. The number of nitriles is 1. The van der Waals surface area contributed by atoms with Gasteiger partial charge in [-0.05, 0) is 0 Å². The summed E-state index contributed by atoms with van der Waals surface area (Å²) in [4.78, 5) is 10.1. The number of para-hydroxylation sites is 1. The van der Waals surface area contributed by atoms with E-state index >= 15 is 0 Å². The molecule has 0 bridgehead atoms. The summed E-state index contributed by atoms with van der Waals surface area (Å²) >= 11 is 0. The number of rotatable bonds is 5. The van der Waals surface area contributed by atoms with E-state index in [0.717, 1.165) is 0 Å². The van der Waals surface area contributed by atoms with Crippen LogP contribution in [0.25, 0.3) is 0 Å². The third-order valence-electron chi connectivity index (χ3n) is 1.93. The number of nitrogens with zero attached hydrogens (tertiary/aromatic N) is 2. The minimum atomic E-state index is -3.71. The van der Waals surface area contributed by atoms with Crippen LogP contribution in [0.15, 0.2) is 24.3 Å². The second kappa shape index (κ2) is 5.38. The van der Waals surface area contributed by atoms with Gasteiger partial charge in [0.25, 0.3) is 5.69 Å². The van der Waals surface area contributed by atoms with Crippen LogP contribution in [0.1, 0.15) is 5.56 Å². The van der Waals surface area contributed by atoms with Crippen LogP contribution in [0.3, 0.4) is 0 Å². The molecule has 0 aliphatic carbocycles.